The summed E-state index contributed by atoms with van der Waals surface area (Å²) in [7, 11) is 1.59. The Morgan fingerprint density at radius 3 is 2.16 bits per heavy atom. The minimum Gasteiger partial charge on any atom is -0.496 e. The Bertz CT molecular complexity index is 1330. The van der Waals surface area contributed by atoms with E-state index in [2.05, 4.69) is 17.4 Å². The molecule has 6 heteroatoms. The van der Waals surface area contributed by atoms with Crippen molar-refractivity contribution in [2.75, 3.05) is 7.11 Å². The third-order valence-corrected chi connectivity index (χ3v) is 7.02. The minimum absolute atomic E-state index is 0.105. The predicted octanol–water partition coefficient (Wildman–Crippen LogP) is 6.28. The summed E-state index contributed by atoms with van der Waals surface area (Å²) >= 11 is 1.70. The van der Waals surface area contributed by atoms with E-state index in [1.807, 2.05) is 66.7 Å². The molecular weight excluding hydrogens is 485 g/mol. The number of benzene rings is 4. The van der Waals surface area contributed by atoms with Gasteiger partial charge in [0.05, 0.1) is 13.2 Å². The number of carbonyl (C=O) groups excluding carboxylic acids is 2. The van der Waals surface area contributed by atoms with Gasteiger partial charge in [0, 0.05) is 28.2 Å². The van der Waals surface area contributed by atoms with E-state index in [1.54, 1.807) is 18.9 Å². The first-order valence-electron chi connectivity index (χ1n) is 12.0. The summed E-state index contributed by atoms with van der Waals surface area (Å²) in [5, 5.41) is 2.85. The molecule has 0 saturated carbocycles. The van der Waals surface area contributed by atoms with Crippen LogP contribution in [0.2, 0.25) is 0 Å². The molecule has 1 atom stereocenters. The van der Waals surface area contributed by atoms with E-state index in [9.17, 15) is 14.0 Å². The zero-order valence-corrected chi connectivity index (χ0v) is 21.3. The molecule has 0 radical (unpaired) electrons. The maximum atomic E-state index is 13.5. The van der Waals surface area contributed by atoms with Gasteiger partial charge in [-0.25, -0.2) is 4.39 Å². The fourth-order valence-electron chi connectivity index (χ4n) is 3.95. The van der Waals surface area contributed by atoms with Crippen LogP contribution in [0.1, 0.15) is 27.0 Å². The summed E-state index contributed by atoms with van der Waals surface area (Å²) in [6, 6.07) is 30.1. The van der Waals surface area contributed by atoms with E-state index < -0.39 is 17.8 Å². The first kappa shape index (κ1) is 26.2. The van der Waals surface area contributed by atoms with Gasteiger partial charge in [-0.15, -0.1) is 11.8 Å². The molecule has 0 aliphatic rings. The highest BCUT2D eigenvalue weighted by Crippen LogP contribution is 2.29. The molecule has 188 valence electrons. The number of ether oxygens (including phenoxy) is 1. The van der Waals surface area contributed by atoms with Gasteiger partial charge in [0.1, 0.15) is 11.6 Å². The standard InChI is InChI=1S/C31H28FNO3S/c1-36-30-20-27(37-21-23-10-6-3-7-11-23)17-14-25(30)19-29(34)28(18-22-8-4-2-5-9-22)33-31(35)24-12-15-26(32)16-13-24/h2-17,20,28H,18-19,21H2,1H3,(H,33,35)/t28-/m0/s1. The average molecular weight is 514 g/mol. The Kier molecular flexibility index (Phi) is 9.11. The van der Waals surface area contributed by atoms with Crippen molar-refractivity contribution in [3.63, 3.8) is 0 Å². The Labute approximate surface area is 220 Å². The summed E-state index contributed by atoms with van der Waals surface area (Å²) in [5.74, 6) is 0.480. The lowest BCUT2D eigenvalue weighted by atomic mass is 9.97. The number of thioether (sulfide) groups is 1. The van der Waals surface area contributed by atoms with Crippen molar-refractivity contribution in [3.05, 3.63) is 131 Å². The molecule has 0 heterocycles. The number of Topliss-reactive ketones (excluding diaryl/α,β-unsaturated/α-hetero) is 1. The molecule has 4 rings (SSSR count). The Morgan fingerprint density at radius 1 is 0.865 bits per heavy atom. The average Bonchev–Trinajstić information content (AvgIpc) is 2.93. The quantitative estimate of drug-likeness (QED) is 0.240. The molecular formula is C31H28FNO3S. The van der Waals surface area contributed by atoms with E-state index >= 15 is 0 Å². The van der Waals surface area contributed by atoms with Gasteiger partial charge in [0.25, 0.3) is 5.91 Å². The fraction of sp³-hybridized carbons (Fsp3) is 0.161. The van der Waals surface area contributed by atoms with Crippen molar-refractivity contribution in [1.29, 1.82) is 0 Å². The molecule has 1 N–H and O–H groups in total. The van der Waals surface area contributed by atoms with Crippen LogP contribution < -0.4 is 10.1 Å². The number of ketones is 1. The van der Waals surface area contributed by atoms with Crippen LogP contribution >= 0.6 is 11.8 Å². The lowest BCUT2D eigenvalue weighted by Gasteiger charge is -2.19. The first-order valence-corrected chi connectivity index (χ1v) is 13.0. The highest BCUT2D eigenvalue weighted by Gasteiger charge is 2.23. The van der Waals surface area contributed by atoms with Crippen LogP contribution in [0, 0.1) is 5.82 Å². The Balaban J connectivity index is 1.49. The number of nitrogens with one attached hydrogen (secondary N) is 1. The summed E-state index contributed by atoms with van der Waals surface area (Å²) in [6.07, 6.45) is 0.452. The summed E-state index contributed by atoms with van der Waals surface area (Å²) in [6.45, 7) is 0. The van der Waals surface area contributed by atoms with E-state index in [4.69, 9.17) is 4.74 Å². The topological polar surface area (TPSA) is 55.4 Å². The van der Waals surface area contributed by atoms with Crippen molar-refractivity contribution in [1.82, 2.24) is 5.32 Å². The number of amides is 1. The van der Waals surface area contributed by atoms with Crippen LogP contribution in [0.4, 0.5) is 4.39 Å². The smallest absolute Gasteiger partial charge is 0.251 e. The molecule has 0 spiro atoms. The van der Waals surface area contributed by atoms with Crippen LogP contribution in [-0.2, 0) is 23.4 Å². The second kappa shape index (κ2) is 12.9. The molecule has 0 saturated heterocycles. The third-order valence-electron chi connectivity index (χ3n) is 5.95. The molecule has 37 heavy (non-hydrogen) atoms. The van der Waals surface area contributed by atoms with Gasteiger partial charge < -0.3 is 10.1 Å². The number of carbonyl (C=O) groups is 2. The molecule has 4 nitrogen and oxygen atoms in total. The van der Waals surface area contributed by atoms with Crippen LogP contribution in [0.25, 0.3) is 0 Å². The van der Waals surface area contributed by atoms with E-state index in [0.717, 1.165) is 21.8 Å². The van der Waals surface area contributed by atoms with Crippen LogP contribution in [0.5, 0.6) is 5.75 Å². The van der Waals surface area contributed by atoms with Crippen molar-refractivity contribution in [2.24, 2.45) is 0 Å². The number of rotatable bonds is 11. The largest absolute Gasteiger partial charge is 0.496 e. The number of hydrogen-bond acceptors (Lipinski definition) is 4. The zero-order valence-electron chi connectivity index (χ0n) is 20.5. The van der Waals surface area contributed by atoms with Crippen molar-refractivity contribution in [2.45, 2.75) is 29.5 Å². The molecule has 4 aromatic rings. The lowest BCUT2D eigenvalue weighted by molar-refractivity contribution is -0.120. The van der Waals surface area contributed by atoms with Gasteiger partial charge in [-0.3, -0.25) is 9.59 Å². The number of halogens is 1. The van der Waals surface area contributed by atoms with Gasteiger partial charge in [-0.2, -0.15) is 0 Å². The molecule has 1 amide bonds. The minimum atomic E-state index is -0.753. The second-order valence-corrected chi connectivity index (χ2v) is 9.66. The third kappa shape index (κ3) is 7.54. The predicted molar refractivity (Wildman–Crippen MR) is 146 cm³/mol. The van der Waals surface area contributed by atoms with Gasteiger partial charge in [0.2, 0.25) is 0 Å². The monoisotopic (exact) mass is 513 g/mol. The highest BCUT2D eigenvalue weighted by molar-refractivity contribution is 7.98. The van der Waals surface area contributed by atoms with E-state index in [-0.39, 0.29) is 12.2 Å². The zero-order chi connectivity index (χ0) is 26.0. The summed E-state index contributed by atoms with van der Waals surface area (Å²) in [4.78, 5) is 27.4. The van der Waals surface area contributed by atoms with Gasteiger partial charge >= 0.3 is 0 Å². The van der Waals surface area contributed by atoms with Crippen molar-refractivity contribution < 1.29 is 18.7 Å². The van der Waals surface area contributed by atoms with Crippen LogP contribution in [0.3, 0.4) is 0 Å². The summed E-state index contributed by atoms with van der Waals surface area (Å²) in [5.41, 5.74) is 3.21. The normalized spacial score (nSPS) is 11.5. The van der Waals surface area contributed by atoms with Crippen molar-refractivity contribution in [3.8, 4) is 5.75 Å². The van der Waals surface area contributed by atoms with Crippen LogP contribution in [-0.4, -0.2) is 24.8 Å². The van der Waals surface area contributed by atoms with Gasteiger partial charge in [-0.05, 0) is 53.9 Å². The SMILES string of the molecule is COc1cc(SCc2ccccc2)ccc1CC(=O)[C@H](Cc1ccccc1)NC(=O)c1ccc(F)cc1. The van der Waals surface area contributed by atoms with Gasteiger partial charge in [-0.1, -0.05) is 66.7 Å². The molecule has 0 aliphatic heterocycles. The first-order chi connectivity index (χ1) is 18.0. The number of methoxy groups -OCH3 is 1. The molecule has 0 aliphatic carbocycles. The highest BCUT2D eigenvalue weighted by atomic mass is 32.2. The molecule has 0 bridgehead atoms. The number of hydrogen-bond donors (Lipinski definition) is 1. The van der Waals surface area contributed by atoms with Gasteiger partial charge in [0.15, 0.2) is 5.78 Å². The molecule has 0 fully saturated rings. The maximum absolute atomic E-state index is 13.5. The van der Waals surface area contributed by atoms with E-state index in [1.165, 1.54) is 29.8 Å². The van der Waals surface area contributed by atoms with Crippen LogP contribution in [0.15, 0.2) is 108 Å². The fourth-order valence-corrected chi connectivity index (χ4v) is 4.83. The van der Waals surface area contributed by atoms with Crippen molar-refractivity contribution >= 4 is 23.5 Å². The van der Waals surface area contributed by atoms with E-state index in [0.29, 0.717) is 17.7 Å². The molecule has 0 unspecified atom stereocenters. The summed E-state index contributed by atoms with van der Waals surface area (Å²) < 4.78 is 18.9. The molecule has 4 aromatic carbocycles. The Hall–Kier alpha value is -3.90. The Morgan fingerprint density at radius 2 is 1.51 bits per heavy atom. The lowest BCUT2D eigenvalue weighted by Crippen LogP contribution is -2.43. The maximum Gasteiger partial charge on any atom is 0.251 e. The molecule has 0 aromatic heterocycles. The second-order valence-electron chi connectivity index (χ2n) is 8.61.